The van der Waals surface area contributed by atoms with E-state index in [0.29, 0.717) is 96.4 Å². The van der Waals surface area contributed by atoms with Crippen LogP contribution in [0.15, 0.2) is 63.5 Å². The fourth-order valence-electron chi connectivity index (χ4n) is 6.94. The first-order valence-corrected chi connectivity index (χ1v) is 22.6. The van der Waals surface area contributed by atoms with Crippen LogP contribution in [0.5, 0.6) is 0 Å². The van der Waals surface area contributed by atoms with Crippen molar-refractivity contribution in [2.24, 2.45) is 5.73 Å². The summed E-state index contributed by atoms with van der Waals surface area (Å²) in [6.45, 7) is 7.37. The van der Waals surface area contributed by atoms with Crippen LogP contribution in [-0.2, 0) is 33.4 Å². The van der Waals surface area contributed by atoms with E-state index in [9.17, 15) is 24.0 Å². The third kappa shape index (κ3) is 14.1. The predicted molar refractivity (Wildman–Crippen MR) is 245 cm³/mol. The number of imide groups is 1. The Kier molecular flexibility index (Phi) is 17.7. The molecule has 64 heavy (non-hydrogen) atoms. The number of amides is 4. The molecule has 0 radical (unpaired) electrons. The van der Waals surface area contributed by atoms with Gasteiger partial charge < -0.3 is 46.5 Å². The second-order valence-corrected chi connectivity index (χ2v) is 17.2. The van der Waals surface area contributed by atoms with Gasteiger partial charge in [0.15, 0.2) is 5.82 Å². The van der Waals surface area contributed by atoms with Gasteiger partial charge in [-0.3, -0.25) is 29.3 Å². The predicted octanol–water partition coefficient (Wildman–Crippen LogP) is 3.65. The highest BCUT2D eigenvalue weighted by Crippen LogP contribution is 2.39. The van der Waals surface area contributed by atoms with E-state index in [0.717, 1.165) is 42.7 Å². The van der Waals surface area contributed by atoms with Crippen molar-refractivity contribution in [2.75, 3.05) is 87.1 Å². The summed E-state index contributed by atoms with van der Waals surface area (Å²) in [4.78, 5) is 73.6. The number of benzene rings is 2. The average molecular weight is 923 g/mol. The number of piperidine rings is 2. The van der Waals surface area contributed by atoms with Crippen LogP contribution in [0.3, 0.4) is 0 Å². The highest BCUT2D eigenvalue weighted by atomic mass is 35.5. The molecule has 2 aromatic heterocycles. The van der Waals surface area contributed by atoms with Crippen molar-refractivity contribution in [2.45, 2.75) is 79.8 Å². The van der Waals surface area contributed by atoms with Gasteiger partial charge in [0.05, 0.1) is 54.9 Å². The van der Waals surface area contributed by atoms with E-state index in [1.807, 2.05) is 6.07 Å². The molecule has 4 heterocycles. The zero-order valence-electron chi connectivity index (χ0n) is 35.9. The number of anilines is 4. The van der Waals surface area contributed by atoms with Crippen LogP contribution in [0, 0.1) is 0 Å². The molecule has 2 aromatic carbocycles. The molecule has 2 aliphatic rings. The number of hydrogen-bond acceptors (Lipinski definition) is 16. The first kappa shape index (κ1) is 48.1. The Morgan fingerprint density at radius 1 is 0.953 bits per heavy atom. The number of rotatable bonds is 23. The van der Waals surface area contributed by atoms with Gasteiger partial charge >= 0.3 is 0 Å². The van der Waals surface area contributed by atoms with Gasteiger partial charge in [-0.25, -0.2) is 14.6 Å². The molecule has 0 spiro atoms. The van der Waals surface area contributed by atoms with Crippen LogP contribution in [0.4, 0.5) is 23.0 Å². The van der Waals surface area contributed by atoms with Crippen LogP contribution >= 0.6 is 23.4 Å². The summed E-state index contributed by atoms with van der Waals surface area (Å²) in [5.41, 5.74) is 13.2. The molecule has 6 rings (SSSR count). The number of hydrogen-bond donors (Lipinski definition) is 6. The van der Waals surface area contributed by atoms with Crippen LogP contribution in [0.1, 0.15) is 64.3 Å². The van der Waals surface area contributed by atoms with Crippen molar-refractivity contribution in [3.63, 3.8) is 0 Å². The number of nitrogens with one attached hydrogen (secondary N) is 4. The van der Waals surface area contributed by atoms with Gasteiger partial charge in [0.25, 0.3) is 11.5 Å². The molecule has 2 fully saturated rings. The molecule has 0 aliphatic carbocycles. The molecule has 344 valence electrons. The lowest BCUT2D eigenvalue weighted by atomic mass is 9.91. The second-order valence-electron chi connectivity index (χ2n) is 15.8. The van der Waals surface area contributed by atoms with E-state index in [-0.39, 0.29) is 60.3 Å². The average Bonchev–Trinajstić information content (AvgIpc) is 3.26. The number of fused-ring (bicyclic) bond motifs is 1. The SMILES string of the molecule is CC1(N)CCN(c2cnc(Sc3cccc(NC(=O)CCC(=O)NCCCOCCOCCOCCCNc4ccc5c(=O)n(C6CCC(=O)NC6=O)ncc5c4)c3Cl)c(N)n2)CC1. The van der Waals surface area contributed by atoms with Gasteiger partial charge in [-0.1, -0.05) is 29.4 Å². The van der Waals surface area contributed by atoms with Gasteiger partial charge in [0.1, 0.15) is 16.9 Å². The van der Waals surface area contributed by atoms with E-state index in [1.54, 1.807) is 42.7 Å². The van der Waals surface area contributed by atoms with Crippen molar-refractivity contribution in [3.8, 4) is 0 Å². The zero-order chi connectivity index (χ0) is 45.5. The Morgan fingerprint density at radius 2 is 1.66 bits per heavy atom. The Morgan fingerprint density at radius 3 is 2.38 bits per heavy atom. The maximum absolute atomic E-state index is 13.0. The Labute approximate surface area is 380 Å². The van der Waals surface area contributed by atoms with Crippen molar-refractivity contribution in [1.29, 1.82) is 0 Å². The van der Waals surface area contributed by atoms with E-state index in [4.69, 9.17) is 37.3 Å². The van der Waals surface area contributed by atoms with Crippen LogP contribution in [-0.4, -0.2) is 115 Å². The fraction of sp³-hybridized carbons (Fsp3) is 0.488. The van der Waals surface area contributed by atoms with Crippen LogP contribution < -0.4 is 43.2 Å². The number of nitrogens with zero attached hydrogens (tertiary/aromatic N) is 5. The summed E-state index contributed by atoms with van der Waals surface area (Å²) >= 11 is 7.91. The number of halogens is 1. The molecular formula is C43H56ClN11O8S. The molecule has 4 amide bonds. The summed E-state index contributed by atoms with van der Waals surface area (Å²) in [6.07, 6.45) is 6.72. The number of carbonyl (C=O) groups is 4. The van der Waals surface area contributed by atoms with Crippen LogP contribution in [0.25, 0.3) is 10.8 Å². The van der Waals surface area contributed by atoms with Crippen LogP contribution in [0.2, 0.25) is 5.02 Å². The molecule has 0 saturated carbocycles. The van der Waals surface area contributed by atoms with Crippen molar-refractivity contribution in [1.82, 2.24) is 30.4 Å². The second kappa shape index (κ2) is 23.5. The monoisotopic (exact) mass is 921 g/mol. The first-order chi connectivity index (χ1) is 30.9. The van der Waals surface area contributed by atoms with Crippen molar-refractivity contribution in [3.05, 3.63) is 64.2 Å². The van der Waals surface area contributed by atoms with Gasteiger partial charge in [0, 0.05) is 80.2 Å². The highest BCUT2D eigenvalue weighted by Gasteiger charge is 2.30. The first-order valence-electron chi connectivity index (χ1n) is 21.4. The normalized spacial score (nSPS) is 16.1. The maximum atomic E-state index is 13.0. The molecule has 8 N–H and O–H groups in total. The topological polar surface area (TPSA) is 260 Å². The minimum Gasteiger partial charge on any atom is -0.385 e. The minimum absolute atomic E-state index is 0.0136. The summed E-state index contributed by atoms with van der Waals surface area (Å²) in [5.74, 6) is -0.460. The molecule has 21 heteroatoms. The molecule has 1 atom stereocenters. The quantitative estimate of drug-likeness (QED) is 0.0458. The summed E-state index contributed by atoms with van der Waals surface area (Å²) in [7, 11) is 0. The standard InChI is InChI=1S/C43H56ClN11O8S/c1-43(46)13-17-54(18-14-43)34-27-49-41(39(45)52-34)64-33-6-2-5-31(38(33)44)51-36(57)12-11-35(56)48-16-4-20-62-22-24-63-23-21-61-19-3-15-47-29-7-8-30-28(25-29)26-50-55(42(30)60)32-9-10-37(58)53-40(32)59/h2,5-8,25-27,32,47H,3-4,9-24,46H2,1H3,(H2,45,52)(H,48,56)(H,51,57)(H,53,58,59). The summed E-state index contributed by atoms with van der Waals surface area (Å²) in [6, 6.07) is 9.79. The molecule has 4 aromatic rings. The Bertz CT molecular complexity index is 2320. The van der Waals surface area contributed by atoms with Crippen molar-refractivity contribution >= 4 is 80.8 Å². The molecule has 1 unspecified atom stereocenters. The third-order valence-electron chi connectivity index (χ3n) is 10.6. The summed E-state index contributed by atoms with van der Waals surface area (Å²) < 4.78 is 17.9. The molecular weight excluding hydrogens is 866 g/mol. The smallest absolute Gasteiger partial charge is 0.275 e. The van der Waals surface area contributed by atoms with E-state index in [1.165, 1.54) is 11.8 Å². The zero-order valence-corrected chi connectivity index (χ0v) is 37.4. The highest BCUT2D eigenvalue weighted by molar-refractivity contribution is 7.99. The molecule has 2 aliphatic heterocycles. The van der Waals surface area contributed by atoms with Gasteiger partial charge in [-0.2, -0.15) is 5.10 Å². The largest absolute Gasteiger partial charge is 0.385 e. The van der Waals surface area contributed by atoms with Crippen molar-refractivity contribution < 1.29 is 33.4 Å². The molecule has 19 nitrogen and oxygen atoms in total. The van der Waals surface area contributed by atoms with Gasteiger partial charge in [0.2, 0.25) is 17.7 Å². The minimum atomic E-state index is -0.805. The molecule has 0 bridgehead atoms. The van der Waals surface area contributed by atoms with Gasteiger partial charge in [-0.15, -0.1) is 0 Å². The lowest BCUT2D eigenvalue weighted by Gasteiger charge is -2.37. The van der Waals surface area contributed by atoms with Gasteiger partial charge in [-0.05, 0) is 69.4 Å². The number of nitrogen functional groups attached to an aromatic ring is 1. The van der Waals surface area contributed by atoms with E-state index < -0.39 is 11.9 Å². The number of ether oxygens (including phenoxy) is 3. The Balaban J connectivity index is 0.754. The number of aromatic nitrogens is 4. The maximum Gasteiger partial charge on any atom is 0.275 e. The lowest BCUT2D eigenvalue weighted by molar-refractivity contribution is -0.136. The fourth-order valence-corrected chi connectivity index (χ4v) is 8.04. The Hall–Kier alpha value is -5.38. The lowest BCUT2D eigenvalue weighted by Crippen LogP contribution is -2.48. The number of nitrogens with two attached hydrogens (primary N) is 2. The third-order valence-corrected chi connectivity index (χ3v) is 12.2. The van der Waals surface area contributed by atoms with E-state index >= 15 is 0 Å². The number of carbonyl (C=O) groups excluding carboxylic acids is 4. The summed E-state index contributed by atoms with van der Waals surface area (Å²) in [5, 5.41) is 17.3. The molecule has 2 saturated heterocycles. The van der Waals surface area contributed by atoms with E-state index in [2.05, 4.69) is 48.2 Å².